The van der Waals surface area contributed by atoms with Crippen LogP contribution in [0.4, 0.5) is 11.4 Å². The summed E-state index contributed by atoms with van der Waals surface area (Å²) in [7, 11) is 0. The Hall–Kier alpha value is -3.60. The minimum atomic E-state index is -1.07. The standard InChI is InChI=1S/C22H20N2O3/c1-15(25)23-18-12-13-20(19(14-18)22(26)27)24-21(16-8-4-2-5-9-16)17-10-6-3-7-11-17/h2-14,21,24H,1H3,(H,23,25)(H,26,27). The monoisotopic (exact) mass is 360 g/mol. The lowest BCUT2D eigenvalue weighted by atomic mass is 9.98. The number of carboxylic acid groups (broad SMARTS) is 1. The Labute approximate surface area is 157 Å². The summed E-state index contributed by atoms with van der Waals surface area (Å²) in [5.41, 5.74) is 3.06. The van der Waals surface area contributed by atoms with Crippen LogP contribution in [0.15, 0.2) is 78.9 Å². The van der Waals surface area contributed by atoms with Gasteiger partial charge in [0.25, 0.3) is 0 Å². The topological polar surface area (TPSA) is 78.4 Å². The summed E-state index contributed by atoms with van der Waals surface area (Å²) >= 11 is 0. The highest BCUT2D eigenvalue weighted by Gasteiger charge is 2.18. The quantitative estimate of drug-likeness (QED) is 0.603. The molecule has 3 aromatic rings. The minimum absolute atomic E-state index is 0.0955. The molecule has 3 rings (SSSR count). The van der Waals surface area contributed by atoms with Crippen LogP contribution in [-0.2, 0) is 4.79 Å². The van der Waals surface area contributed by atoms with E-state index in [0.29, 0.717) is 11.4 Å². The Kier molecular flexibility index (Phi) is 5.52. The Morgan fingerprint density at radius 3 is 1.89 bits per heavy atom. The molecule has 0 spiro atoms. The third kappa shape index (κ3) is 4.52. The molecule has 0 aliphatic heterocycles. The van der Waals surface area contributed by atoms with Gasteiger partial charge in [-0.25, -0.2) is 4.79 Å². The summed E-state index contributed by atoms with van der Waals surface area (Å²) in [6.45, 7) is 1.38. The number of carbonyl (C=O) groups is 2. The summed E-state index contributed by atoms with van der Waals surface area (Å²) in [4.78, 5) is 23.0. The van der Waals surface area contributed by atoms with Gasteiger partial charge in [0.05, 0.1) is 11.6 Å². The molecule has 0 aliphatic carbocycles. The molecule has 0 unspecified atom stereocenters. The maximum absolute atomic E-state index is 11.8. The average Bonchev–Trinajstić information content (AvgIpc) is 2.67. The number of rotatable bonds is 6. The highest BCUT2D eigenvalue weighted by molar-refractivity contribution is 5.97. The summed E-state index contributed by atoms with van der Waals surface area (Å²) in [5, 5.41) is 15.6. The first-order valence-electron chi connectivity index (χ1n) is 8.56. The lowest BCUT2D eigenvalue weighted by Crippen LogP contribution is -2.15. The molecule has 5 nitrogen and oxygen atoms in total. The highest BCUT2D eigenvalue weighted by Crippen LogP contribution is 2.29. The maximum atomic E-state index is 11.8. The van der Waals surface area contributed by atoms with Crippen LogP contribution in [0.3, 0.4) is 0 Å². The van der Waals surface area contributed by atoms with E-state index >= 15 is 0 Å². The van der Waals surface area contributed by atoms with Crippen molar-refractivity contribution in [2.24, 2.45) is 0 Å². The lowest BCUT2D eigenvalue weighted by Gasteiger charge is -2.22. The zero-order valence-electron chi connectivity index (χ0n) is 14.8. The number of carbonyl (C=O) groups excluding carboxylic acids is 1. The van der Waals surface area contributed by atoms with E-state index < -0.39 is 5.97 Å². The van der Waals surface area contributed by atoms with Gasteiger partial charge in [-0.2, -0.15) is 0 Å². The largest absolute Gasteiger partial charge is 0.478 e. The Morgan fingerprint density at radius 2 is 1.41 bits per heavy atom. The molecule has 0 atom stereocenters. The molecule has 1 amide bonds. The van der Waals surface area contributed by atoms with Crippen LogP contribution in [0.5, 0.6) is 0 Å². The van der Waals surface area contributed by atoms with E-state index in [1.807, 2.05) is 60.7 Å². The molecular weight excluding hydrogens is 340 g/mol. The smallest absolute Gasteiger partial charge is 0.337 e. The summed E-state index contributed by atoms with van der Waals surface area (Å²) in [6, 6.07) is 24.3. The molecule has 5 heteroatoms. The van der Waals surface area contributed by atoms with Crippen LogP contribution < -0.4 is 10.6 Å². The van der Waals surface area contributed by atoms with Crippen molar-refractivity contribution in [3.63, 3.8) is 0 Å². The maximum Gasteiger partial charge on any atom is 0.337 e. The second-order valence-electron chi connectivity index (χ2n) is 6.15. The zero-order chi connectivity index (χ0) is 19.2. The van der Waals surface area contributed by atoms with Crippen molar-refractivity contribution >= 4 is 23.3 Å². The molecule has 0 bridgehead atoms. The molecule has 3 aromatic carbocycles. The van der Waals surface area contributed by atoms with Crippen LogP contribution in [-0.4, -0.2) is 17.0 Å². The molecule has 0 aliphatic rings. The highest BCUT2D eigenvalue weighted by atomic mass is 16.4. The minimum Gasteiger partial charge on any atom is -0.478 e. The van der Waals surface area contributed by atoms with Crippen molar-refractivity contribution in [2.75, 3.05) is 10.6 Å². The number of hydrogen-bond acceptors (Lipinski definition) is 3. The van der Waals surface area contributed by atoms with Gasteiger partial charge in [-0.3, -0.25) is 4.79 Å². The molecular formula is C22H20N2O3. The Balaban J connectivity index is 2.01. The predicted octanol–water partition coefficient (Wildman–Crippen LogP) is 4.54. The van der Waals surface area contributed by atoms with Crippen LogP contribution >= 0.6 is 0 Å². The van der Waals surface area contributed by atoms with Gasteiger partial charge in [0.15, 0.2) is 0 Å². The average molecular weight is 360 g/mol. The Bertz CT molecular complexity index is 901. The summed E-state index contributed by atoms with van der Waals surface area (Å²) in [5.74, 6) is -1.32. The molecule has 0 fully saturated rings. The fourth-order valence-electron chi connectivity index (χ4n) is 2.93. The molecule has 0 saturated heterocycles. The number of amides is 1. The number of aromatic carboxylic acids is 1. The molecule has 0 aromatic heterocycles. The third-order valence-electron chi connectivity index (χ3n) is 4.14. The molecule has 0 heterocycles. The first-order chi connectivity index (χ1) is 13.0. The fourth-order valence-corrected chi connectivity index (χ4v) is 2.93. The number of carboxylic acids is 1. The normalized spacial score (nSPS) is 10.4. The summed E-state index contributed by atoms with van der Waals surface area (Å²) < 4.78 is 0. The van der Waals surface area contributed by atoms with Crippen molar-refractivity contribution in [3.8, 4) is 0 Å². The van der Waals surface area contributed by atoms with Gasteiger partial charge < -0.3 is 15.7 Å². The molecule has 0 radical (unpaired) electrons. The van der Waals surface area contributed by atoms with E-state index in [1.54, 1.807) is 12.1 Å². The van der Waals surface area contributed by atoms with Gasteiger partial charge in [-0.1, -0.05) is 60.7 Å². The summed E-state index contributed by atoms with van der Waals surface area (Å²) in [6.07, 6.45) is 0. The van der Waals surface area contributed by atoms with Gasteiger partial charge >= 0.3 is 5.97 Å². The third-order valence-corrected chi connectivity index (χ3v) is 4.14. The SMILES string of the molecule is CC(=O)Nc1ccc(NC(c2ccccc2)c2ccccc2)c(C(=O)O)c1. The van der Waals surface area contributed by atoms with Gasteiger partial charge in [-0.15, -0.1) is 0 Å². The first-order valence-corrected chi connectivity index (χ1v) is 8.56. The lowest BCUT2D eigenvalue weighted by molar-refractivity contribution is -0.114. The van der Waals surface area contributed by atoms with E-state index in [4.69, 9.17) is 0 Å². The van der Waals surface area contributed by atoms with Crippen LogP contribution in [0.1, 0.15) is 34.5 Å². The number of nitrogens with one attached hydrogen (secondary N) is 2. The van der Waals surface area contributed by atoms with E-state index in [9.17, 15) is 14.7 Å². The molecule has 136 valence electrons. The van der Waals surface area contributed by atoms with E-state index in [2.05, 4.69) is 10.6 Å². The molecule has 27 heavy (non-hydrogen) atoms. The number of benzene rings is 3. The second-order valence-corrected chi connectivity index (χ2v) is 6.15. The number of hydrogen-bond donors (Lipinski definition) is 3. The van der Waals surface area contributed by atoms with Gasteiger partial charge in [0, 0.05) is 18.3 Å². The van der Waals surface area contributed by atoms with Crippen molar-refractivity contribution in [3.05, 3.63) is 95.6 Å². The van der Waals surface area contributed by atoms with Crippen molar-refractivity contribution in [1.29, 1.82) is 0 Å². The van der Waals surface area contributed by atoms with Crippen LogP contribution in [0, 0.1) is 0 Å². The molecule has 0 saturated carbocycles. The van der Waals surface area contributed by atoms with Crippen molar-refractivity contribution < 1.29 is 14.7 Å². The van der Waals surface area contributed by atoms with Crippen molar-refractivity contribution in [1.82, 2.24) is 0 Å². The van der Waals surface area contributed by atoms with E-state index in [-0.39, 0.29) is 17.5 Å². The van der Waals surface area contributed by atoms with Gasteiger partial charge in [0.1, 0.15) is 0 Å². The van der Waals surface area contributed by atoms with Gasteiger partial charge in [0.2, 0.25) is 5.91 Å². The first kappa shape index (κ1) is 18.2. The Morgan fingerprint density at radius 1 is 0.852 bits per heavy atom. The molecule has 3 N–H and O–H groups in total. The van der Waals surface area contributed by atoms with Gasteiger partial charge in [-0.05, 0) is 29.3 Å². The van der Waals surface area contributed by atoms with Crippen LogP contribution in [0.2, 0.25) is 0 Å². The fraction of sp³-hybridized carbons (Fsp3) is 0.0909. The zero-order valence-corrected chi connectivity index (χ0v) is 14.8. The second kappa shape index (κ2) is 8.19. The van der Waals surface area contributed by atoms with E-state index in [0.717, 1.165) is 11.1 Å². The predicted molar refractivity (Wildman–Crippen MR) is 106 cm³/mol. The van der Waals surface area contributed by atoms with E-state index in [1.165, 1.54) is 13.0 Å². The number of anilines is 2. The van der Waals surface area contributed by atoms with Crippen LogP contribution in [0.25, 0.3) is 0 Å². The van der Waals surface area contributed by atoms with Crippen molar-refractivity contribution in [2.45, 2.75) is 13.0 Å².